The van der Waals surface area contributed by atoms with Gasteiger partial charge in [0.05, 0.1) is 0 Å². The Morgan fingerprint density at radius 2 is 1.73 bits per heavy atom. The van der Waals surface area contributed by atoms with Crippen LogP contribution in [-0.2, 0) is 4.79 Å². The molecule has 0 amide bonds. The zero-order chi connectivity index (χ0) is 31.8. The summed E-state index contributed by atoms with van der Waals surface area (Å²) in [5, 5.41) is 4.14. The molecule has 4 heteroatoms. The van der Waals surface area contributed by atoms with Crippen LogP contribution in [0.2, 0.25) is 0 Å². The number of hydrogen-bond acceptors (Lipinski definition) is 4. The highest BCUT2D eigenvalue weighted by Crippen LogP contribution is 2.72. The lowest BCUT2D eigenvalue weighted by Gasteiger charge is -2.68. The van der Waals surface area contributed by atoms with Gasteiger partial charge in [0.1, 0.15) is 0 Å². The molecular weight excluding hydrogens is 569 g/mol. The molecule has 0 aromatic heterocycles. The molecule has 8 unspecified atom stereocenters. The van der Waals surface area contributed by atoms with E-state index in [1.54, 1.807) is 16.7 Å². The molecule has 3 nitrogen and oxygen atoms in total. The number of fused-ring (bicyclic) bond motifs is 7. The predicted octanol–water partition coefficient (Wildman–Crippen LogP) is 9.25. The van der Waals surface area contributed by atoms with E-state index >= 15 is 0 Å². The SMILES string of the molecule is CC1CC=C(C2=CCC3(C)C(CCC4(C)C5CCC6(NCCN7CCSCC7)CC(=O)C(C(C)C)=C6C5CCC43)C2(C)C)CC1. The second kappa shape index (κ2) is 11.9. The van der Waals surface area contributed by atoms with Gasteiger partial charge in [-0.15, -0.1) is 0 Å². The van der Waals surface area contributed by atoms with Crippen LogP contribution < -0.4 is 5.32 Å². The van der Waals surface area contributed by atoms with Crippen molar-refractivity contribution in [3.05, 3.63) is 34.4 Å². The van der Waals surface area contributed by atoms with Crippen LogP contribution in [0, 0.1) is 51.8 Å². The van der Waals surface area contributed by atoms with Crippen molar-refractivity contribution in [3.8, 4) is 0 Å². The fraction of sp³-hybridized carbons (Fsp3) is 0.829. The highest BCUT2D eigenvalue weighted by Gasteiger charge is 2.65. The summed E-state index contributed by atoms with van der Waals surface area (Å²) in [5.74, 6) is 7.00. The number of allylic oxidation sites excluding steroid dienone is 5. The van der Waals surface area contributed by atoms with Crippen LogP contribution in [0.25, 0.3) is 0 Å². The average molecular weight is 633 g/mol. The Kier molecular flexibility index (Phi) is 8.67. The molecule has 0 bridgehead atoms. The van der Waals surface area contributed by atoms with E-state index in [1.165, 1.54) is 88.0 Å². The first-order chi connectivity index (χ1) is 21.4. The molecule has 45 heavy (non-hydrogen) atoms. The number of ketones is 1. The first kappa shape index (κ1) is 32.7. The van der Waals surface area contributed by atoms with Gasteiger partial charge < -0.3 is 10.2 Å². The van der Waals surface area contributed by atoms with E-state index < -0.39 is 0 Å². The second-order valence-electron chi connectivity index (χ2n) is 18.2. The Hall–Kier alpha value is -0.840. The predicted molar refractivity (Wildman–Crippen MR) is 191 cm³/mol. The maximum absolute atomic E-state index is 13.9. The van der Waals surface area contributed by atoms with Crippen LogP contribution in [0.5, 0.6) is 0 Å². The summed E-state index contributed by atoms with van der Waals surface area (Å²) < 4.78 is 0. The monoisotopic (exact) mass is 632 g/mol. The first-order valence-electron chi connectivity index (χ1n) is 19.1. The number of Topliss-reactive ketones (excluding diaryl/α,β-unsaturated/α-hetero) is 1. The van der Waals surface area contributed by atoms with E-state index in [4.69, 9.17) is 0 Å². The second-order valence-corrected chi connectivity index (χ2v) is 19.4. The Morgan fingerprint density at radius 3 is 2.44 bits per heavy atom. The highest BCUT2D eigenvalue weighted by molar-refractivity contribution is 7.99. The van der Waals surface area contributed by atoms with Gasteiger partial charge in [0.2, 0.25) is 0 Å². The van der Waals surface area contributed by atoms with E-state index in [0.717, 1.165) is 37.3 Å². The molecule has 8 atom stereocenters. The number of carbonyl (C=O) groups is 1. The third-order valence-electron chi connectivity index (χ3n) is 15.2. The Labute approximate surface area is 280 Å². The minimum atomic E-state index is -0.0810. The summed E-state index contributed by atoms with van der Waals surface area (Å²) in [5.41, 5.74) is 7.14. The van der Waals surface area contributed by atoms with Gasteiger partial charge in [-0.05, 0) is 138 Å². The van der Waals surface area contributed by atoms with E-state index in [1.807, 2.05) is 0 Å². The molecule has 1 heterocycles. The van der Waals surface area contributed by atoms with Gasteiger partial charge in [0, 0.05) is 49.6 Å². The number of thioether (sulfide) groups is 1. The van der Waals surface area contributed by atoms with Crippen molar-refractivity contribution in [1.82, 2.24) is 10.2 Å². The molecule has 6 aliphatic carbocycles. The first-order valence-corrected chi connectivity index (χ1v) is 20.3. The minimum absolute atomic E-state index is 0.0810. The molecule has 1 N–H and O–H groups in total. The van der Waals surface area contributed by atoms with E-state index in [0.29, 0.717) is 40.8 Å². The number of carbonyl (C=O) groups excluding carboxylic acids is 1. The van der Waals surface area contributed by atoms with E-state index in [9.17, 15) is 4.79 Å². The zero-order valence-corrected chi connectivity index (χ0v) is 30.7. The minimum Gasteiger partial charge on any atom is -0.306 e. The number of hydrogen-bond donors (Lipinski definition) is 1. The normalized spacial score (nSPS) is 43.3. The number of rotatable bonds is 6. The Morgan fingerprint density at radius 1 is 0.956 bits per heavy atom. The van der Waals surface area contributed by atoms with E-state index in [-0.39, 0.29) is 11.0 Å². The highest BCUT2D eigenvalue weighted by atomic mass is 32.2. The number of nitrogens with one attached hydrogen (secondary N) is 1. The smallest absolute Gasteiger partial charge is 0.161 e. The average Bonchev–Trinajstić information content (AvgIpc) is 3.30. The van der Waals surface area contributed by atoms with Crippen molar-refractivity contribution in [2.75, 3.05) is 37.7 Å². The van der Waals surface area contributed by atoms with Crippen LogP contribution in [0.3, 0.4) is 0 Å². The Balaban J connectivity index is 1.17. The van der Waals surface area contributed by atoms with Gasteiger partial charge >= 0.3 is 0 Å². The topological polar surface area (TPSA) is 32.3 Å². The van der Waals surface area contributed by atoms with Gasteiger partial charge in [0.15, 0.2) is 5.78 Å². The lowest BCUT2D eigenvalue weighted by Crippen LogP contribution is -2.62. The van der Waals surface area contributed by atoms with Crippen molar-refractivity contribution >= 4 is 17.5 Å². The quantitative estimate of drug-likeness (QED) is 0.316. The molecule has 7 rings (SSSR count). The number of nitrogens with zero attached hydrogens (tertiary/aromatic N) is 1. The molecular formula is C41H64N2OS. The third-order valence-corrected chi connectivity index (χ3v) is 16.1. The molecule has 0 radical (unpaired) electrons. The Bertz CT molecular complexity index is 1270. The van der Waals surface area contributed by atoms with Gasteiger partial charge in [-0.1, -0.05) is 60.6 Å². The maximum Gasteiger partial charge on any atom is 0.161 e. The van der Waals surface area contributed by atoms with Gasteiger partial charge in [0.25, 0.3) is 0 Å². The van der Waals surface area contributed by atoms with Gasteiger partial charge in [-0.25, -0.2) is 0 Å². The van der Waals surface area contributed by atoms with Crippen molar-refractivity contribution in [2.45, 2.75) is 125 Å². The zero-order valence-electron chi connectivity index (χ0n) is 29.9. The van der Waals surface area contributed by atoms with Crippen LogP contribution in [0.15, 0.2) is 34.4 Å². The molecule has 0 spiro atoms. The summed E-state index contributed by atoms with van der Waals surface area (Å²) in [6, 6.07) is 0. The third kappa shape index (κ3) is 5.24. The van der Waals surface area contributed by atoms with Gasteiger partial charge in [-0.3, -0.25) is 4.79 Å². The molecule has 4 fully saturated rings. The molecule has 1 saturated heterocycles. The molecule has 1 aliphatic heterocycles. The maximum atomic E-state index is 13.9. The molecule has 7 aliphatic rings. The van der Waals surface area contributed by atoms with Crippen molar-refractivity contribution in [3.63, 3.8) is 0 Å². The fourth-order valence-corrected chi connectivity index (χ4v) is 14.1. The summed E-state index contributed by atoms with van der Waals surface area (Å²) in [4.78, 5) is 16.5. The van der Waals surface area contributed by atoms with Crippen LogP contribution in [-0.4, -0.2) is 53.9 Å². The van der Waals surface area contributed by atoms with Crippen LogP contribution in [0.1, 0.15) is 119 Å². The molecule has 0 aromatic rings. The summed E-state index contributed by atoms with van der Waals surface area (Å²) in [7, 11) is 0. The summed E-state index contributed by atoms with van der Waals surface area (Å²) in [6.07, 6.45) is 19.1. The van der Waals surface area contributed by atoms with Crippen molar-refractivity contribution in [1.29, 1.82) is 0 Å². The van der Waals surface area contributed by atoms with Crippen molar-refractivity contribution < 1.29 is 4.79 Å². The summed E-state index contributed by atoms with van der Waals surface area (Å²) in [6.45, 7) is 22.3. The van der Waals surface area contributed by atoms with E-state index in [2.05, 4.69) is 82.6 Å². The van der Waals surface area contributed by atoms with Crippen molar-refractivity contribution in [2.24, 2.45) is 51.8 Å². The standard InChI is InChI=1S/C41H64N2OS/c1-27(2)36-33(44)26-41(42-20-21-43-22-24-45-25-23-43)19-15-32-30(37(36)41)12-13-35-39(32,6)18-16-34-38(4,5)31(14-17-40(34,35)7)29-10-8-28(3)9-11-29/h10,14,27-28,30,32,34-35,42H,8-9,11-13,15-26H2,1-7H3. The van der Waals surface area contributed by atoms with Crippen LogP contribution >= 0.6 is 11.8 Å². The van der Waals surface area contributed by atoms with Crippen LogP contribution in [0.4, 0.5) is 0 Å². The lowest BCUT2D eigenvalue weighted by atomic mass is 9.37. The molecule has 0 aromatic carbocycles. The largest absolute Gasteiger partial charge is 0.306 e. The molecule has 250 valence electrons. The molecule has 3 saturated carbocycles. The fourth-order valence-electron chi connectivity index (χ4n) is 13.1. The van der Waals surface area contributed by atoms with Gasteiger partial charge in [-0.2, -0.15) is 11.8 Å². The summed E-state index contributed by atoms with van der Waals surface area (Å²) >= 11 is 2.09. The lowest BCUT2D eigenvalue weighted by molar-refractivity contribution is -0.157.